The largest absolute Gasteiger partial charge is 0.506 e. The third-order valence-corrected chi connectivity index (χ3v) is 5.27. The molecule has 1 N–H and O–H groups in total. The van der Waals surface area contributed by atoms with Crippen molar-refractivity contribution >= 4 is 53.6 Å². The van der Waals surface area contributed by atoms with Gasteiger partial charge in [0.05, 0.1) is 16.5 Å². The molecule has 0 amide bonds. The second-order valence-electron chi connectivity index (χ2n) is 4.41. The number of phenols is 1. The first-order valence-corrected chi connectivity index (χ1v) is 7.62. The van der Waals surface area contributed by atoms with E-state index < -0.39 is 0 Å². The third-order valence-electron chi connectivity index (χ3n) is 3.41. The van der Waals surface area contributed by atoms with Crippen LogP contribution in [0.5, 0.6) is 11.5 Å². The van der Waals surface area contributed by atoms with E-state index in [4.69, 9.17) is 4.74 Å². The van der Waals surface area contributed by atoms with Gasteiger partial charge in [-0.3, -0.25) is 0 Å². The van der Waals surface area contributed by atoms with Crippen LogP contribution in [0.4, 0.5) is 0 Å². The lowest BCUT2D eigenvalue weighted by atomic mass is 10.0. The number of rotatable bonds is 1. The highest BCUT2D eigenvalue weighted by atomic mass is 32.1. The molecule has 2 nitrogen and oxygen atoms in total. The maximum Gasteiger partial charge on any atom is 0.144 e. The van der Waals surface area contributed by atoms with Crippen molar-refractivity contribution in [2.75, 3.05) is 7.11 Å². The minimum atomic E-state index is 0.355. The predicted molar refractivity (Wildman–Crippen MR) is 82.9 cm³/mol. The Balaban J connectivity index is 2.33. The van der Waals surface area contributed by atoms with Crippen LogP contribution in [0.1, 0.15) is 0 Å². The molecule has 19 heavy (non-hydrogen) atoms. The molecule has 4 aromatic rings. The van der Waals surface area contributed by atoms with Crippen molar-refractivity contribution in [1.29, 1.82) is 0 Å². The van der Waals surface area contributed by atoms with E-state index in [2.05, 4.69) is 12.1 Å². The summed E-state index contributed by atoms with van der Waals surface area (Å²) in [4.78, 5) is 0. The molecule has 0 radical (unpaired) electrons. The first-order valence-electron chi connectivity index (χ1n) is 5.86. The lowest BCUT2D eigenvalue weighted by Gasteiger charge is -2.09. The zero-order valence-corrected chi connectivity index (χ0v) is 11.8. The summed E-state index contributed by atoms with van der Waals surface area (Å²) < 4.78 is 7.65. The van der Waals surface area contributed by atoms with E-state index in [1.54, 1.807) is 29.8 Å². The molecule has 4 rings (SSSR count). The Morgan fingerprint density at radius 3 is 2.32 bits per heavy atom. The molecule has 0 saturated heterocycles. The van der Waals surface area contributed by atoms with Crippen molar-refractivity contribution in [1.82, 2.24) is 0 Å². The Kier molecular flexibility index (Phi) is 2.25. The number of hydrogen-bond acceptors (Lipinski definition) is 4. The van der Waals surface area contributed by atoms with Crippen LogP contribution in [0, 0.1) is 0 Å². The normalized spacial score (nSPS) is 11.6. The van der Waals surface area contributed by atoms with Crippen LogP contribution in [0.25, 0.3) is 30.9 Å². The minimum absolute atomic E-state index is 0.355. The van der Waals surface area contributed by atoms with Crippen LogP contribution in [0.3, 0.4) is 0 Å². The predicted octanol–water partition coefficient (Wildman–Crippen LogP) is 4.98. The van der Waals surface area contributed by atoms with Gasteiger partial charge >= 0.3 is 0 Å². The fourth-order valence-corrected chi connectivity index (χ4v) is 4.29. The van der Waals surface area contributed by atoms with Gasteiger partial charge in [-0.2, -0.15) is 0 Å². The third kappa shape index (κ3) is 1.41. The molecule has 94 valence electrons. The summed E-state index contributed by atoms with van der Waals surface area (Å²) in [6.07, 6.45) is 0. The molecule has 2 aromatic heterocycles. The summed E-state index contributed by atoms with van der Waals surface area (Å²) in [7, 11) is 1.68. The molecule has 4 heteroatoms. The van der Waals surface area contributed by atoms with Gasteiger partial charge in [0.25, 0.3) is 0 Å². The van der Waals surface area contributed by atoms with Crippen LogP contribution in [0.2, 0.25) is 0 Å². The first-order chi connectivity index (χ1) is 9.29. The molecule has 0 aliphatic heterocycles. The molecular weight excluding hydrogens is 276 g/mol. The van der Waals surface area contributed by atoms with Crippen molar-refractivity contribution in [3.8, 4) is 11.5 Å². The second-order valence-corrected chi connectivity index (χ2v) is 6.24. The standard InChI is InChI=1S/C15H10O2S2/c1-17-13-11-7-8-2-4-18-14(8)12(16)10(11)6-9-3-5-19-15(9)13/h2-7,16H,1H3. The highest BCUT2D eigenvalue weighted by molar-refractivity contribution is 7.18. The lowest BCUT2D eigenvalue weighted by molar-refractivity contribution is 0.425. The van der Waals surface area contributed by atoms with Crippen LogP contribution in [-0.4, -0.2) is 12.2 Å². The molecule has 0 bridgehead atoms. The summed E-state index contributed by atoms with van der Waals surface area (Å²) in [5, 5.41) is 18.5. The summed E-state index contributed by atoms with van der Waals surface area (Å²) >= 11 is 3.22. The van der Waals surface area contributed by atoms with Crippen molar-refractivity contribution < 1.29 is 9.84 Å². The van der Waals surface area contributed by atoms with Gasteiger partial charge in [-0.05, 0) is 45.8 Å². The van der Waals surface area contributed by atoms with Gasteiger partial charge in [-0.25, -0.2) is 0 Å². The highest BCUT2D eigenvalue weighted by Gasteiger charge is 2.15. The molecule has 0 atom stereocenters. The van der Waals surface area contributed by atoms with Gasteiger partial charge in [-0.15, -0.1) is 22.7 Å². The molecule has 0 spiro atoms. The number of phenolic OH excluding ortho intramolecular Hbond substituents is 1. The van der Waals surface area contributed by atoms with Crippen molar-refractivity contribution in [3.05, 3.63) is 35.0 Å². The number of hydrogen-bond donors (Lipinski definition) is 1. The van der Waals surface area contributed by atoms with Gasteiger partial charge in [-0.1, -0.05) is 0 Å². The Labute approximate surface area is 117 Å². The van der Waals surface area contributed by atoms with Gasteiger partial charge in [0.15, 0.2) is 0 Å². The Bertz CT molecular complexity index is 918. The van der Waals surface area contributed by atoms with Gasteiger partial charge in [0.2, 0.25) is 0 Å². The van der Waals surface area contributed by atoms with E-state index in [9.17, 15) is 5.11 Å². The van der Waals surface area contributed by atoms with E-state index >= 15 is 0 Å². The van der Waals surface area contributed by atoms with Crippen molar-refractivity contribution in [2.45, 2.75) is 0 Å². The summed E-state index contributed by atoms with van der Waals surface area (Å²) in [5.74, 6) is 1.21. The molecule has 0 saturated carbocycles. The highest BCUT2D eigenvalue weighted by Crippen LogP contribution is 2.45. The number of thiophene rings is 2. The molecule has 0 aliphatic carbocycles. The van der Waals surface area contributed by atoms with Crippen LogP contribution < -0.4 is 4.74 Å². The summed E-state index contributed by atoms with van der Waals surface area (Å²) in [6.45, 7) is 0. The van der Waals surface area contributed by atoms with E-state index in [-0.39, 0.29) is 0 Å². The topological polar surface area (TPSA) is 29.5 Å². The average Bonchev–Trinajstić information content (AvgIpc) is 3.05. The van der Waals surface area contributed by atoms with Crippen LogP contribution in [-0.2, 0) is 0 Å². The quantitative estimate of drug-likeness (QED) is 0.534. The lowest BCUT2D eigenvalue weighted by Crippen LogP contribution is -1.86. The molecule has 0 unspecified atom stereocenters. The average molecular weight is 286 g/mol. The van der Waals surface area contributed by atoms with E-state index in [1.807, 2.05) is 22.9 Å². The zero-order chi connectivity index (χ0) is 13.0. The number of fused-ring (bicyclic) bond motifs is 3. The number of ether oxygens (including phenoxy) is 1. The number of methoxy groups -OCH3 is 1. The smallest absolute Gasteiger partial charge is 0.144 e. The Morgan fingerprint density at radius 2 is 1.58 bits per heavy atom. The SMILES string of the molecule is COc1c2cc3ccsc3c(O)c2cc2ccsc12. The number of aromatic hydroxyl groups is 1. The van der Waals surface area contributed by atoms with E-state index in [1.165, 1.54) is 0 Å². The van der Waals surface area contributed by atoms with Crippen LogP contribution >= 0.6 is 22.7 Å². The summed E-state index contributed by atoms with van der Waals surface area (Å²) in [5.41, 5.74) is 0. The molecule has 0 aliphatic rings. The molecule has 0 fully saturated rings. The first kappa shape index (κ1) is 11.1. The Morgan fingerprint density at radius 1 is 0.947 bits per heavy atom. The van der Waals surface area contributed by atoms with Gasteiger partial charge < -0.3 is 9.84 Å². The Hall–Kier alpha value is -1.78. The second kappa shape index (κ2) is 3.85. The fraction of sp³-hybridized carbons (Fsp3) is 0.0667. The van der Waals surface area contributed by atoms with Crippen molar-refractivity contribution in [3.63, 3.8) is 0 Å². The van der Waals surface area contributed by atoms with Gasteiger partial charge in [0.1, 0.15) is 11.5 Å². The molecule has 2 heterocycles. The zero-order valence-electron chi connectivity index (χ0n) is 10.1. The fourth-order valence-electron chi connectivity index (χ4n) is 2.54. The minimum Gasteiger partial charge on any atom is -0.506 e. The molecular formula is C15H10O2S2. The maximum atomic E-state index is 10.5. The maximum absolute atomic E-state index is 10.5. The summed E-state index contributed by atoms with van der Waals surface area (Å²) in [6, 6.07) is 8.22. The van der Waals surface area contributed by atoms with Gasteiger partial charge in [0, 0.05) is 10.8 Å². The van der Waals surface area contributed by atoms with E-state index in [0.717, 1.165) is 36.7 Å². The van der Waals surface area contributed by atoms with E-state index in [0.29, 0.717) is 5.75 Å². The van der Waals surface area contributed by atoms with Crippen LogP contribution in [0.15, 0.2) is 35.0 Å². The monoisotopic (exact) mass is 286 g/mol. The van der Waals surface area contributed by atoms with Crippen molar-refractivity contribution in [2.24, 2.45) is 0 Å². The number of benzene rings is 2. The molecule has 2 aromatic carbocycles.